The van der Waals surface area contributed by atoms with Gasteiger partial charge in [-0.2, -0.15) is 0 Å². The normalized spacial score (nSPS) is 21.8. The summed E-state index contributed by atoms with van der Waals surface area (Å²) in [6.45, 7) is 0.225. The van der Waals surface area contributed by atoms with Gasteiger partial charge in [-0.15, -0.1) is 0 Å². The van der Waals surface area contributed by atoms with Crippen LogP contribution in [0, 0.1) is 5.92 Å². The van der Waals surface area contributed by atoms with E-state index in [9.17, 15) is 19.5 Å². The van der Waals surface area contributed by atoms with Crippen molar-refractivity contribution < 1.29 is 24.2 Å². The summed E-state index contributed by atoms with van der Waals surface area (Å²) in [7, 11) is 1.57. The zero-order valence-corrected chi connectivity index (χ0v) is 19.1. The smallest absolute Gasteiger partial charge is 0.407 e. The maximum absolute atomic E-state index is 12.9. The molecule has 1 fully saturated rings. The fourth-order valence-electron chi connectivity index (χ4n) is 5.44. The molecule has 3 aliphatic carbocycles. The lowest BCUT2D eigenvalue weighted by Crippen LogP contribution is -2.60. The van der Waals surface area contributed by atoms with Gasteiger partial charge in [-0.1, -0.05) is 60.7 Å². The Hall–Kier alpha value is -3.61. The van der Waals surface area contributed by atoms with Crippen molar-refractivity contribution in [2.24, 2.45) is 5.92 Å². The van der Waals surface area contributed by atoms with E-state index in [0.29, 0.717) is 19.3 Å². The molecule has 0 radical (unpaired) electrons. The molecule has 0 bridgehead atoms. The van der Waals surface area contributed by atoms with Crippen molar-refractivity contribution in [2.45, 2.75) is 43.2 Å². The average Bonchev–Trinajstić information content (AvgIpc) is 3.39. The van der Waals surface area contributed by atoms with Gasteiger partial charge in [0.15, 0.2) is 0 Å². The second-order valence-electron chi connectivity index (χ2n) is 9.39. The Labute approximate surface area is 198 Å². The predicted molar refractivity (Wildman–Crippen MR) is 126 cm³/mol. The molecule has 2 amide bonds. The van der Waals surface area contributed by atoms with E-state index < -0.39 is 23.5 Å². The number of nitrogens with one attached hydrogen (secondary N) is 1. The molecule has 2 N–H and O–H groups in total. The molecule has 1 saturated carbocycles. The van der Waals surface area contributed by atoms with Gasteiger partial charge in [-0.25, -0.2) is 9.59 Å². The van der Waals surface area contributed by atoms with E-state index >= 15 is 0 Å². The van der Waals surface area contributed by atoms with Gasteiger partial charge in [0, 0.05) is 13.0 Å². The summed E-state index contributed by atoms with van der Waals surface area (Å²) in [6, 6.07) is 16.0. The molecule has 7 heteroatoms. The number of fused-ring (bicyclic) bond motifs is 3. The van der Waals surface area contributed by atoms with Crippen LogP contribution < -0.4 is 5.32 Å². The van der Waals surface area contributed by atoms with Gasteiger partial charge in [-0.3, -0.25) is 4.79 Å². The number of carbonyl (C=O) groups excluding carboxylic acids is 2. The van der Waals surface area contributed by atoms with Crippen molar-refractivity contribution in [2.75, 3.05) is 13.7 Å². The number of benzene rings is 2. The van der Waals surface area contributed by atoms with Gasteiger partial charge in [0.1, 0.15) is 12.1 Å². The number of alkyl carbamates (subject to hydrolysis) is 1. The first-order chi connectivity index (χ1) is 16.4. The molecule has 3 aliphatic rings. The molecule has 2 atom stereocenters. The summed E-state index contributed by atoms with van der Waals surface area (Å²) in [5, 5.41) is 12.4. The molecule has 2 unspecified atom stereocenters. The third kappa shape index (κ3) is 3.65. The first kappa shape index (κ1) is 22.2. The zero-order chi connectivity index (χ0) is 23.9. The lowest BCUT2D eigenvalue weighted by molar-refractivity contribution is -0.165. The van der Waals surface area contributed by atoms with Crippen molar-refractivity contribution in [3.8, 4) is 11.1 Å². The number of amides is 2. The van der Waals surface area contributed by atoms with Crippen molar-refractivity contribution in [3.63, 3.8) is 0 Å². The lowest BCUT2D eigenvalue weighted by atomic mass is 9.75. The number of hydrogen-bond acceptors (Lipinski definition) is 4. The topological polar surface area (TPSA) is 95.9 Å². The van der Waals surface area contributed by atoms with Crippen LogP contribution >= 0.6 is 0 Å². The van der Waals surface area contributed by atoms with Crippen LogP contribution in [0.1, 0.15) is 42.7 Å². The molecule has 7 nitrogen and oxygen atoms in total. The van der Waals surface area contributed by atoms with Crippen LogP contribution in [-0.2, 0) is 14.3 Å². The van der Waals surface area contributed by atoms with Crippen LogP contribution in [0.5, 0.6) is 0 Å². The molecule has 5 rings (SSSR count). The molecule has 0 aliphatic heterocycles. The Balaban J connectivity index is 1.17. The van der Waals surface area contributed by atoms with Crippen LogP contribution in [0.4, 0.5) is 4.79 Å². The number of carboxylic acid groups (broad SMARTS) is 1. The predicted octanol–water partition coefficient (Wildman–Crippen LogP) is 3.94. The molecule has 0 saturated heterocycles. The minimum absolute atomic E-state index is 0.0186. The Morgan fingerprint density at radius 3 is 2.21 bits per heavy atom. The molecule has 0 spiro atoms. The summed E-state index contributed by atoms with van der Waals surface area (Å²) in [6.07, 6.45) is 5.15. The maximum atomic E-state index is 12.9. The number of aliphatic carboxylic acids is 1. The number of nitrogens with zero attached hydrogens (tertiary/aromatic N) is 1. The third-order valence-corrected chi connectivity index (χ3v) is 7.60. The Kier molecular flexibility index (Phi) is 5.63. The Bertz CT molecular complexity index is 1120. The first-order valence-electron chi connectivity index (χ1n) is 11.7. The number of carbonyl (C=O) groups is 3. The third-order valence-electron chi connectivity index (χ3n) is 7.60. The summed E-state index contributed by atoms with van der Waals surface area (Å²) in [5.41, 5.74) is 3.54. The summed E-state index contributed by atoms with van der Waals surface area (Å²) >= 11 is 0. The first-order valence-corrected chi connectivity index (χ1v) is 11.7. The highest BCUT2D eigenvalue weighted by molar-refractivity contribution is 5.90. The minimum Gasteiger partial charge on any atom is -0.479 e. The monoisotopic (exact) mass is 460 g/mol. The van der Waals surface area contributed by atoms with Crippen molar-refractivity contribution >= 4 is 18.0 Å². The van der Waals surface area contributed by atoms with Crippen molar-refractivity contribution in [1.29, 1.82) is 0 Å². The van der Waals surface area contributed by atoms with E-state index in [-0.39, 0.29) is 24.5 Å². The standard InChI is InChI=1S/C27H28N2O5/c1-29(27(25(31)32)13-6-14-27)24(30)17-11-12-18(15-17)28-26(33)34-16-23-21-9-4-2-7-19(21)20-8-3-5-10-22(20)23/h2-5,7-12,17-18,23H,6,13-16H2,1H3,(H,28,33)(H,31,32). The molecule has 2 aromatic carbocycles. The fraction of sp³-hybridized carbons (Fsp3) is 0.370. The van der Waals surface area contributed by atoms with Crippen LogP contribution in [0.15, 0.2) is 60.7 Å². The van der Waals surface area contributed by atoms with E-state index in [2.05, 4.69) is 29.6 Å². The highest BCUT2D eigenvalue weighted by Gasteiger charge is 2.50. The van der Waals surface area contributed by atoms with E-state index in [1.54, 1.807) is 19.2 Å². The summed E-state index contributed by atoms with van der Waals surface area (Å²) in [5.74, 6) is -1.66. The molecule has 34 heavy (non-hydrogen) atoms. The maximum Gasteiger partial charge on any atom is 0.407 e. The summed E-state index contributed by atoms with van der Waals surface area (Å²) < 4.78 is 5.60. The number of carboxylic acids is 1. The molecular weight excluding hydrogens is 432 g/mol. The Morgan fingerprint density at radius 1 is 1.03 bits per heavy atom. The quantitative estimate of drug-likeness (QED) is 0.637. The SMILES string of the molecule is CN(C(=O)C1C=CC(NC(=O)OCC2c3ccccc3-c3ccccc32)C1)C1(C(=O)O)CCC1. The van der Waals surface area contributed by atoms with Crippen LogP contribution in [0.25, 0.3) is 11.1 Å². The zero-order valence-electron chi connectivity index (χ0n) is 19.1. The number of rotatable bonds is 6. The van der Waals surface area contributed by atoms with E-state index in [0.717, 1.165) is 17.5 Å². The van der Waals surface area contributed by atoms with Crippen LogP contribution in [-0.4, -0.2) is 53.2 Å². The van der Waals surface area contributed by atoms with Gasteiger partial charge in [0.25, 0.3) is 0 Å². The van der Waals surface area contributed by atoms with Gasteiger partial charge >= 0.3 is 12.1 Å². The Morgan fingerprint density at radius 2 is 1.65 bits per heavy atom. The van der Waals surface area contributed by atoms with Crippen LogP contribution in [0.3, 0.4) is 0 Å². The van der Waals surface area contributed by atoms with Gasteiger partial charge < -0.3 is 20.1 Å². The second-order valence-corrected chi connectivity index (χ2v) is 9.39. The van der Waals surface area contributed by atoms with Gasteiger partial charge in [0.2, 0.25) is 5.91 Å². The second kappa shape index (κ2) is 8.63. The number of likely N-dealkylation sites (N-methyl/N-ethyl adjacent to an activating group) is 1. The van der Waals surface area contributed by atoms with E-state index in [1.807, 2.05) is 24.3 Å². The highest BCUT2D eigenvalue weighted by Crippen LogP contribution is 2.44. The molecule has 176 valence electrons. The highest BCUT2D eigenvalue weighted by atomic mass is 16.5. The van der Waals surface area contributed by atoms with E-state index in [1.165, 1.54) is 16.0 Å². The van der Waals surface area contributed by atoms with Crippen molar-refractivity contribution in [3.05, 3.63) is 71.8 Å². The average molecular weight is 461 g/mol. The molecule has 2 aromatic rings. The van der Waals surface area contributed by atoms with Gasteiger partial charge in [0.05, 0.1) is 12.0 Å². The molecule has 0 aromatic heterocycles. The van der Waals surface area contributed by atoms with Crippen molar-refractivity contribution in [1.82, 2.24) is 10.2 Å². The fourth-order valence-corrected chi connectivity index (χ4v) is 5.44. The number of ether oxygens (including phenoxy) is 1. The lowest BCUT2D eigenvalue weighted by Gasteiger charge is -2.45. The van der Waals surface area contributed by atoms with E-state index in [4.69, 9.17) is 4.74 Å². The number of hydrogen-bond donors (Lipinski definition) is 2. The summed E-state index contributed by atoms with van der Waals surface area (Å²) in [4.78, 5) is 38.6. The minimum atomic E-state index is -1.09. The largest absolute Gasteiger partial charge is 0.479 e. The molecule has 0 heterocycles. The molecular formula is C27H28N2O5. The van der Waals surface area contributed by atoms with Crippen LogP contribution in [0.2, 0.25) is 0 Å². The van der Waals surface area contributed by atoms with Gasteiger partial charge in [-0.05, 0) is 47.9 Å².